The number of amides is 3. The molecular weight excluding hydrogens is 460 g/mol. The number of carbonyl (C=O) groups excluding carboxylic acids is 3. The van der Waals surface area contributed by atoms with E-state index in [2.05, 4.69) is 25.9 Å². The van der Waals surface area contributed by atoms with Crippen LogP contribution in [0.2, 0.25) is 0 Å². The molecule has 2 rings (SSSR count). The third-order valence-corrected chi connectivity index (χ3v) is 4.93. The van der Waals surface area contributed by atoms with Gasteiger partial charge in [-0.3, -0.25) is 19.2 Å². The van der Waals surface area contributed by atoms with E-state index in [4.69, 9.17) is 5.73 Å². The first-order valence-corrected chi connectivity index (χ1v) is 10.7. The molecule has 188 valence electrons. The molecule has 1 aromatic carbocycles. The molecule has 0 fully saturated rings. The summed E-state index contributed by atoms with van der Waals surface area (Å²) in [6.07, 6.45) is 1.89. The van der Waals surface area contributed by atoms with Crippen LogP contribution >= 0.6 is 0 Å². The molecular formula is C22H28N6O7. The summed E-state index contributed by atoms with van der Waals surface area (Å²) in [5.41, 5.74) is 6.68. The highest BCUT2D eigenvalue weighted by Gasteiger charge is 2.31. The van der Waals surface area contributed by atoms with Crippen LogP contribution in [0.25, 0.3) is 0 Å². The van der Waals surface area contributed by atoms with Gasteiger partial charge in [-0.15, -0.1) is 0 Å². The lowest BCUT2D eigenvalue weighted by atomic mass is 10.0. The highest BCUT2D eigenvalue weighted by molar-refractivity contribution is 5.95. The van der Waals surface area contributed by atoms with E-state index < -0.39 is 60.2 Å². The number of carboxylic acid groups (broad SMARTS) is 2. The van der Waals surface area contributed by atoms with E-state index in [-0.39, 0.29) is 12.8 Å². The normalized spacial score (nSPS) is 14.1. The minimum absolute atomic E-state index is 0.0442. The lowest BCUT2D eigenvalue weighted by Crippen LogP contribution is -2.58. The van der Waals surface area contributed by atoms with E-state index >= 15 is 0 Å². The molecule has 0 aliphatic rings. The van der Waals surface area contributed by atoms with Gasteiger partial charge in [0.25, 0.3) is 0 Å². The SMILES string of the molecule is CC(N)C(=O)NC(Cc1cnc[nH]1)C(=O)NC(CC(=O)O)C(=O)NC(Cc1ccccc1)C(=O)O. The quantitative estimate of drug-likeness (QED) is 0.175. The number of aliphatic carboxylic acids is 2. The molecule has 13 nitrogen and oxygen atoms in total. The Hall–Kier alpha value is -4.26. The highest BCUT2D eigenvalue weighted by Crippen LogP contribution is 2.06. The van der Waals surface area contributed by atoms with Gasteiger partial charge in [-0.05, 0) is 12.5 Å². The molecule has 3 amide bonds. The molecule has 2 aromatic rings. The number of hydrogen-bond donors (Lipinski definition) is 7. The highest BCUT2D eigenvalue weighted by atomic mass is 16.4. The zero-order valence-corrected chi connectivity index (χ0v) is 18.9. The van der Waals surface area contributed by atoms with Crippen molar-refractivity contribution in [3.63, 3.8) is 0 Å². The average molecular weight is 489 g/mol. The number of rotatable bonds is 13. The van der Waals surface area contributed by atoms with Crippen molar-refractivity contribution >= 4 is 29.7 Å². The fourth-order valence-electron chi connectivity index (χ4n) is 3.11. The van der Waals surface area contributed by atoms with Crippen LogP contribution in [0.4, 0.5) is 0 Å². The molecule has 0 spiro atoms. The summed E-state index contributed by atoms with van der Waals surface area (Å²) in [5.74, 6) is -5.22. The summed E-state index contributed by atoms with van der Waals surface area (Å²) in [5, 5.41) is 25.8. The van der Waals surface area contributed by atoms with Gasteiger partial charge in [0.15, 0.2) is 0 Å². The van der Waals surface area contributed by atoms with Gasteiger partial charge in [-0.25, -0.2) is 9.78 Å². The minimum atomic E-state index is -1.60. The third kappa shape index (κ3) is 8.89. The minimum Gasteiger partial charge on any atom is -0.481 e. The standard InChI is InChI=1S/C22H28N6O7/c1-12(23)19(31)26-15(8-14-10-24-11-25-14)20(32)27-16(9-18(29)30)21(33)28-17(22(34)35)7-13-5-3-2-4-6-13/h2-6,10-12,15-17H,7-9,23H2,1H3,(H,24,25)(H,26,31)(H,27,32)(H,28,33)(H,29,30)(H,34,35). The molecule has 4 unspecified atom stereocenters. The van der Waals surface area contributed by atoms with Gasteiger partial charge in [0.05, 0.1) is 18.8 Å². The number of nitrogens with two attached hydrogens (primary N) is 1. The first kappa shape index (κ1) is 27.0. The van der Waals surface area contributed by atoms with E-state index in [0.29, 0.717) is 11.3 Å². The maximum Gasteiger partial charge on any atom is 0.326 e. The van der Waals surface area contributed by atoms with Gasteiger partial charge in [0.2, 0.25) is 17.7 Å². The largest absolute Gasteiger partial charge is 0.481 e. The smallest absolute Gasteiger partial charge is 0.326 e. The van der Waals surface area contributed by atoms with Crippen molar-refractivity contribution in [2.24, 2.45) is 5.73 Å². The number of imidazole rings is 1. The molecule has 1 heterocycles. The van der Waals surface area contributed by atoms with Crippen molar-refractivity contribution in [3.05, 3.63) is 54.1 Å². The van der Waals surface area contributed by atoms with Crippen molar-refractivity contribution in [2.45, 2.75) is 50.4 Å². The molecule has 13 heteroatoms. The van der Waals surface area contributed by atoms with Gasteiger partial charge in [0.1, 0.15) is 18.1 Å². The van der Waals surface area contributed by atoms with Crippen LogP contribution in [0.5, 0.6) is 0 Å². The summed E-state index contributed by atoms with van der Waals surface area (Å²) < 4.78 is 0. The summed E-state index contributed by atoms with van der Waals surface area (Å²) in [6.45, 7) is 1.42. The number of hydrogen-bond acceptors (Lipinski definition) is 7. The van der Waals surface area contributed by atoms with Crippen LogP contribution < -0.4 is 21.7 Å². The van der Waals surface area contributed by atoms with Gasteiger partial charge in [-0.2, -0.15) is 0 Å². The van der Waals surface area contributed by atoms with Crippen LogP contribution in [0.3, 0.4) is 0 Å². The van der Waals surface area contributed by atoms with E-state index in [1.807, 2.05) is 0 Å². The summed E-state index contributed by atoms with van der Waals surface area (Å²) in [4.78, 5) is 67.5. The molecule has 0 aliphatic carbocycles. The number of carbonyl (C=O) groups is 5. The fraction of sp³-hybridized carbons (Fsp3) is 0.364. The molecule has 0 bridgehead atoms. The Morgan fingerprint density at radius 2 is 1.51 bits per heavy atom. The van der Waals surface area contributed by atoms with E-state index in [1.54, 1.807) is 30.3 Å². The Kier molecular flexibility index (Phi) is 9.90. The molecule has 35 heavy (non-hydrogen) atoms. The Bertz CT molecular complexity index is 1030. The molecule has 0 saturated heterocycles. The van der Waals surface area contributed by atoms with Crippen molar-refractivity contribution in [1.29, 1.82) is 0 Å². The van der Waals surface area contributed by atoms with E-state index in [9.17, 15) is 34.2 Å². The van der Waals surface area contributed by atoms with Gasteiger partial charge >= 0.3 is 11.9 Å². The van der Waals surface area contributed by atoms with Crippen LogP contribution in [-0.2, 0) is 36.8 Å². The lowest BCUT2D eigenvalue weighted by molar-refractivity contribution is -0.143. The van der Waals surface area contributed by atoms with Crippen molar-refractivity contribution in [3.8, 4) is 0 Å². The molecule has 0 aliphatic heterocycles. The second-order valence-electron chi connectivity index (χ2n) is 7.88. The summed E-state index contributed by atoms with van der Waals surface area (Å²) in [6, 6.07) is 3.42. The molecule has 8 N–H and O–H groups in total. The Morgan fingerprint density at radius 1 is 0.914 bits per heavy atom. The first-order chi connectivity index (χ1) is 16.6. The number of H-pyrrole nitrogens is 1. The van der Waals surface area contributed by atoms with E-state index in [1.165, 1.54) is 19.4 Å². The van der Waals surface area contributed by atoms with E-state index in [0.717, 1.165) is 0 Å². The van der Waals surface area contributed by atoms with Crippen molar-refractivity contribution in [1.82, 2.24) is 25.9 Å². The second-order valence-corrected chi connectivity index (χ2v) is 7.88. The van der Waals surface area contributed by atoms with Gasteiger partial charge in [0, 0.05) is 24.7 Å². The number of benzene rings is 1. The number of aromatic nitrogens is 2. The molecule has 4 atom stereocenters. The Labute approximate surface area is 200 Å². The van der Waals surface area contributed by atoms with Crippen LogP contribution in [0.1, 0.15) is 24.6 Å². The predicted molar refractivity (Wildman–Crippen MR) is 122 cm³/mol. The van der Waals surface area contributed by atoms with Gasteiger partial charge in [-0.1, -0.05) is 30.3 Å². The molecule has 0 saturated carbocycles. The maximum atomic E-state index is 12.9. The summed E-state index contributed by atoms with van der Waals surface area (Å²) in [7, 11) is 0. The molecule has 0 radical (unpaired) electrons. The Morgan fingerprint density at radius 3 is 2.06 bits per heavy atom. The maximum absolute atomic E-state index is 12.9. The second kappa shape index (κ2) is 12.8. The third-order valence-electron chi connectivity index (χ3n) is 4.93. The summed E-state index contributed by atoms with van der Waals surface area (Å²) >= 11 is 0. The van der Waals surface area contributed by atoms with Crippen LogP contribution in [0, 0.1) is 0 Å². The zero-order valence-electron chi connectivity index (χ0n) is 18.9. The van der Waals surface area contributed by atoms with Gasteiger partial charge < -0.3 is 36.9 Å². The van der Waals surface area contributed by atoms with Crippen molar-refractivity contribution in [2.75, 3.05) is 0 Å². The number of nitrogens with zero attached hydrogens (tertiary/aromatic N) is 1. The number of carboxylic acids is 2. The average Bonchev–Trinajstić information content (AvgIpc) is 3.31. The number of nitrogens with one attached hydrogen (secondary N) is 4. The predicted octanol–water partition coefficient (Wildman–Crippen LogP) is -1.44. The zero-order chi connectivity index (χ0) is 26.0. The first-order valence-electron chi connectivity index (χ1n) is 10.7. The lowest BCUT2D eigenvalue weighted by Gasteiger charge is -2.24. The Balaban J connectivity index is 2.17. The van der Waals surface area contributed by atoms with Crippen LogP contribution in [-0.4, -0.2) is 74.0 Å². The topological polar surface area (TPSA) is 217 Å². The van der Waals surface area contributed by atoms with Crippen molar-refractivity contribution < 1.29 is 34.2 Å². The molecule has 1 aromatic heterocycles. The fourth-order valence-corrected chi connectivity index (χ4v) is 3.11. The number of aromatic amines is 1. The monoisotopic (exact) mass is 488 g/mol. The van der Waals surface area contributed by atoms with Crippen LogP contribution in [0.15, 0.2) is 42.9 Å².